The molecule has 2 heterocycles. The fourth-order valence-corrected chi connectivity index (χ4v) is 3.39. The van der Waals surface area contributed by atoms with Crippen LogP contribution < -0.4 is 15.7 Å². The molecular formula is C20H25N5O4. The van der Waals surface area contributed by atoms with Gasteiger partial charge in [-0.1, -0.05) is 30.3 Å². The van der Waals surface area contributed by atoms with Crippen LogP contribution in [0.4, 0.5) is 5.95 Å². The van der Waals surface area contributed by atoms with Crippen LogP contribution in [0.15, 0.2) is 42.7 Å². The summed E-state index contributed by atoms with van der Waals surface area (Å²) in [4.78, 5) is 34.0. The third kappa shape index (κ3) is 5.27. The van der Waals surface area contributed by atoms with E-state index in [0.29, 0.717) is 18.4 Å². The molecule has 1 aromatic heterocycles. The first kappa shape index (κ1) is 20.7. The molecule has 0 bridgehead atoms. The Hall–Kier alpha value is -3.04. The molecule has 3 N–H and O–H groups in total. The molecule has 2 aromatic rings. The van der Waals surface area contributed by atoms with Crippen LogP contribution in [0.3, 0.4) is 0 Å². The van der Waals surface area contributed by atoms with Gasteiger partial charge in [0.1, 0.15) is 6.04 Å². The van der Waals surface area contributed by atoms with Crippen molar-refractivity contribution in [3.63, 3.8) is 0 Å². The largest absolute Gasteiger partial charge is 0.468 e. The molecule has 1 aromatic carbocycles. The summed E-state index contributed by atoms with van der Waals surface area (Å²) < 4.78 is 4.95. The number of hydroxylamine groups is 1. The van der Waals surface area contributed by atoms with E-state index in [4.69, 9.17) is 9.94 Å². The molecule has 0 aliphatic carbocycles. The van der Waals surface area contributed by atoms with Crippen molar-refractivity contribution in [1.29, 1.82) is 0 Å². The highest BCUT2D eigenvalue weighted by molar-refractivity contribution is 5.92. The van der Waals surface area contributed by atoms with Gasteiger partial charge in [-0.3, -0.25) is 10.0 Å². The Kier molecular flexibility index (Phi) is 7.09. The molecule has 1 atom stereocenters. The number of carbonyl (C=O) groups excluding carboxylic acids is 2. The number of rotatable bonds is 7. The van der Waals surface area contributed by atoms with Crippen molar-refractivity contribution >= 4 is 17.8 Å². The molecule has 1 aliphatic rings. The standard InChI is InChI=1S/C20H25N5O4/c1-29-19(27)17(15-5-3-2-4-6-15)21-11-14-7-9-25(10-8-14)20-22-12-16(13-23-20)18(26)24-28/h2-6,12-14,17,21,28H,7-11H2,1H3,(H,24,26)/t17-/m0/s1. The first-order valence-electron chi connectivity index (χ1n) is 9.50. The summed E-state index contributed by atoms with van der Waals surface area (Å²) in [6, 6.07) is 9.07. The molecule has 1 fully saturated rings. The maximum atomic E-state index is 12.2. The lowest BCUT2D eigenvalue weighted by atomic mass is 9.96. The van der Waals surface area contributed by atoms with Gasteiger partial charge >= 0.3 is 5.97 Å². The molecule has 1 amide bonds. The molecule has 0 radical (unpaired) electrons. The van der Waals surface area contributed by atoms with E-state index in [2.05, 4.69) is 20.2 Å². The molecule has 154 valence electrons. The second-order valence-corrected chi connectivity index (χ2v) is 6.92. The topological polar surface area (TPSA) is 117 Å². The van der Waals surface area contributed by atoms with Gasteiger partial charge in [0.05, 0.1) is 12.7 Å². The Morgan fingerprint density at radius 2 is 1.86 bits per heavy atom. The second-order valence-electron chi connectivity index (χ2n) is 6.92. The van der Waals surface area contributed by atoms with Crippen LogP contribution in [-0.4, -0.2) is 53.8 Å². The maximum absolute atomic E-state index is 12.2. The van der Waals surface area contributed by atoms with Crippen LogP contribution in [0.25, 0.3) is 0 Å². The zero-order valence-electron chi connectivity index (χ0n) is 16.2. The van der Waals surface area contributed by atoms with Gasteiger partial charge in [-0.05, 0) is 30.9 Å². The number of methoxy groups -OCH3 is 1. The molecule has 9 heteroatoms. The number of amides is 1. The zero-order valence-corrected chi connectivity index (χ0v) is 16.2. The van der Waals surface area contributed by atoms with Crippen molar-refractivity contribution in [2.45, 2.75) is 18.9 Å². The van der Waals surface area contributed by atoms with E-state index in [1.54, 1.807) is 5.48 Å². The highest BCUT2D eigenvalue weighted by atomic mass is 16.5. The lowest BCUT2D eigenvalue weighted by Gasteiger charge is -2.32. The number of esters is 1. The van der Waals surface area contributed by atoms with E-state index in [1.807, 2.05) is 30.3 Å². The van der Waals surface area contributed by atoms with Crippen LogP contribution in [0, 0.1) is 5.92 Å². The zero-order chi connectivity index (χ0) is 20.6. The monoisotopic (exact) mass is 399 g/mol. The van der Waals surface area contributed by atoms with E-state index >= 15 is 0 Å². The first-order chi connectivity index (χ1) is 14.1. The van der Waals surface area contributed by atoms with Crippen molar-refractivity contribution in [2.75, 3.05) is 31.6 Å². The molecular weight excluding hydrogens is 374 g/mol. The normalized spacial score (nSPS) is 15.6. The smallest absolute Gasteiger partial charge is 0.327 e. The Morgan fingerprint density at radius 3 is 2.45 bits per heavy atom. The number of ether oxygens (including phenoxy) is 1. The predicted octanol–water partition coefficient (Wildman–Crippen LogP) is 1.32. The summed E-state index contributed by atoms with van der Waals surface area (Å²) in [6.45, 7) is 2.28. The lowest BCUT2D eigenvalue weighted by molar-refractivity contribution is -0.143. The number of anilines is 1. The van der Waals surface area contributed by atoms with E-state index in [9.17, 15) is 9.59 Å². The van der Waals surface area contributed by atoms with Crippen molar-refractivity contribution in [2.24, 2.45) is 5.92 Å². The molecule has 0 saturated carbocycles. The van der Waals surface area contributed by atoms with Crippen molar-refractivity contribution in [3.05, 3.63) is 53.9 Å². The third-order valence-electron chi connectivity index (χ3n) is 5.08. The number of piperidine rings is 1. The molecule has 0 unspecified atom stereocenters. The summed E-state index contributed by atoms with van der Waals surface area (Å²) >= 11 is 0. The minimum atomic E-state index is -0.639. The number of carbonyl (C=O) groups is 2. The van der Waals surface area contributed by atoms with Gasteiger partial charge in [-0.25, -0.2) is 20.2 Å². The minimum Gasteiger partial charge on any atom is -0.468 e. The van der Waals surface area contributed by atoms with E-state index < -0.39 is 11.9 Å². The average molecular weight is 399 g/mol. The van der Waals surface area contributed by atoms with Crippen molar-refractivity contribution < 1.29 is 19.5 Å². The minimum absolute atomic E-state index is 0.199. The van der Waals surface area contributed by atoms with Gasteiger partial charge in [0.2, 0.25) is 5.95 Å². The van der Waals surface area contributed by atoms with E-state index in [0.717, 1.165) is 31.5 Å². The fraction of sp³-hybridized carbons (Fsp3) is 0.400. The van der Waals surface area contributed by atoms with E-state index in [1.165, 1.54) is 19.5 Å². The summed E-state index contributed by atoms with van der Waals surface area (Å²) in [7, 11) is 1.40. The van der Waals surface area contributed by atoms with Crippen LogP contribution in [0.5, 0.6) is 0 Å². The summed E-state index contributed by atoms with van der Waals surface area (Å²) in [6.07, 6.45) is 4.64. The second kappa shape index (κ2) is 9.94. The Balaban J connectivity index is 1.52. The lowest BCUT2D eigenvalue weighted by Crippen LogP contribution is -2.40. The maximum Gasteiger partial charge on any atom is 0.327 e. The van der Waals surface area contributed by atoms with Gasteiger partial charge in [0, 0.05) is 25.5 Å². The Labute approximate surface area is 169 Å². The highest BCUT2D eigenvalue weighted by Crippen LogP contribution is 2.22. The van der Waals surface area contributed by atoms with Gasteiger partial charge < -0.3 is 15.0 Å². The highest BCUT2D eigenvalue weighted by Gasteiger charge is 2.25. The van der Waals surface area contributed by atoms with Gasteiger partial charge in [-0.2, -0.15) is 0 Å². The third-order valence-corrected chi connectivity index (χ3v) is 5.08. The summed E-state index contributed by atoms with van der Waals surface area (Å²) in [5, 5.41) is 12.0. The van der Waals surface area contributed by atoms with Crippen LogP contribution in [0.2, 0.25) is 0 Å². The molecule has 1 aliphatic heterocycles. The Morgan fingerprint density at radius 1 is 1.21 bits per heavy atom. The fourth-order valence-electron chi connectivity index (χ4n) is 3.39. The summed E-state index contributed by atoms with van der Waals surface area (Å²) in [5.74, 6) is 0.0399. The van der Waals surface area contributed by atoms with E-state index in [-0.39, 0.29) is 11.5 Å². The SMILES string of the molecule is COC(=O)[C@@H](NCC1CCN(c2ncc(C(=O)NO)cn2)CC1)c1ccccc1. The quantitative estimate of drug-likeness (QED) is 0.363. The van der Waals surface area contributed by atoms with Gasteiger partial charge in [0.15, 0.2) is 0 Å². The average Bonchev–Trinajstić information content (AvgIpc) is 2.79. The number of hydrogen-bond acceptors (Lipinski definition) is 8. The number of hydrogen-bond donors (Lipinski definition) is 3. The van der Waals surface area contributed by atoms with Crippen LogP contribution in [0.1, 0.15) is 34.8 Å². The Bertz CT molecular complexity index is 807. The molecule has 0 spiro atoms. The molecule has 3 rings (SSSR count). The molecule has 9 nitrogen and oxygen atoms in total. The first-order valence-corrected chi connectivity index (χ1v) is 9.50. The number of nitrogens with zero attached hydrogens (tertiary/aromatic N) is 3. The van der Waals surface area contributed by atoms with Crippen molar-refractivity contribution in [3.8, 4) is 0 Å². The number of nitrogens with one attached hydrogen (secondary N) is 2. The molecule has 29 heavy (non-hydrogen) atoms. The predicted molar refractivity (Wildman–Crippen MR) is 105 cm³/mol. The van der Waals surface area contributed by atoms with Gasteiger partial charge in [-0.15, -0.1) is 0 Å². The van der Waals surface area contributed by atoms with Crippen LogP contribution in [-0.2, 0) is 9.53 Å². The number of aromatic nitrogens is 2. The molecule has 1 saturated heterocycles. The summed E-state index contributed by atoms with van der Waals surface area (Å²) in [5.41, 5.74) is 2.65. The van der Waals surface area contributed by atoms with Crippen LogP contribution >= 0.6 is 0 Å². The van der Waals surface area contributed by atoms with Gasteiger partial charge in [0.25, 0.3) is 5.91 Å². The number of benzene rings is 1. The van der Waals surface area contributed by atoms with Crippen molar-refractivity contribution in [1.82, 2.24) is 20.8 Å².